The second kappa shape index (κ2) is 33.6. The summed E-state index contributed by atoms with van der Waals surface area (Å²) in [6.07, 6.45) is 40.4. The predicted octanol–water partition coefficient (Wildman–Crippen LogP) is 11.8. The van der Waals surface area contributed by atoms with Crippen LogP contribution in [0.2, 0.25) is 0 Å². The van der Waals surface area contributed by atoms with Gasteiger partial charge in [-0.1, -0.05) is 160 Å². The first-order chi connectivity index (χ1) is 25.6. The van der Waals surface area contributed by atoms with Crippen molar-refractivity contribution in [3.05, 3.63) is 36.5 Å². The lowest BCUT2D eigenvalue weighted by Crippen LogP contribution is -2.29. The van der Waals surface area contributed by atoms with E-state index >= 15 is 0 Å². The molecule has 308 valence electrons. The van der Waals surface area contributed by atoms with Gasteiger partial charge in [0, 0.05) is 12.8 Å². The molecule has 2 N–H and O–H groups in total. The number of carbonyl (C=O) groups is 2. The quantitative estimate of drug-likeness (QED) is 0.0208. The van der Waals surface area contributed by atoms with Crippen LogP contribution in [0.25, 0.3) is 0 Å². The van der Waals surface area contributed by atoms with Gasteiger partial charge in [-0.05, 0) is 57.3 Å². The SMILES string of the molecule is CCCCC/C=C\C/C=C\CC1OC1C/C=C\CCCC(=O)OC[C@H](COP(=O)(O)O)OC(=O)CCCCCCCCCCCCCCCCC(C)C. The summed E-state index contributed by atoms with van der Waals surface area (Å²) in [4.78, 5) is 42.9. The van der Waals surface area contributed by atoms with Crippen LogP contribution < -0.4 is 0 Å². The van der Waals surface area contributed by atoms with Crippen LogP contribution in [0, 0.1) is 5.92 Å². The smallest absolute Gasteiger partial charge is 0.462 e. The number of phosphoric ester groups is 1. The Hall–Kier alpha value is -1.77. The van der Waals surface area contributed by atoms with Gasteiger partial charge in [-0.2, -0.15) is 0 Å². The van der Waals surface area contributed by atoms with E-state index in [4.69, 9.17) is 24.0 Å². The van der Waals surface area contributed by atoms with Crippen molar-refractivity contribution in [3.63, 3.8) is 0 Å². The number of ether oxygens (including phenoxy) is 3. The zero-order valence-corrected chi connectivity index (χ0v) is 34.7. The average Bonchev–Trinajstić information content (AvgIpc) is 3.87. The lowest BCUT2D eigenvalue weighted by molar-refractivity contribution is -0.161. The first-order valence-corrected chi connectivity index (χ1v) is 22.8. The maximum Gasteiger partial charge on any atom is 0.469 e. The number of hydrogen-bond donors (Lipinski definition) is 2. The molecule has 1 fully saturated rings. The number of epoxide rings is 1. The first kappa shape index (κ1) is 49.2. The predicted molar refractivity (Wildman–Crippen MR) is 215 cm³/mol. The molecule has 53 heavy (non-hydrogen) atoms. The molecule has 0 aromatic carbocycles. The average molecular weight is 769 g/mol. The minimum atomic E-state index is -4.77. The van der Waals surface area contributed by atoms with Gasteiger partial charge in [0.05, 0.1) is 18.8 Å². The molecule has 2 unspecified atom stereocenters. The van der Waals surface area contributed by atoms with Crippen molar-refractivity contribution in [2.75, 3.05) is 13.2 Å². The number of esters is 2. The Morgan fingerprint density at radius 1 is 0.642 bits per heavy atom. The molecule has 0 radical (unpaired) electrons. The maximum atomic E-state index is 12.4. The summed E-state index contributed by atoms with van der Waals surface area (Å²) in [6, 6.07) is 0. The molecule has 10 heteroatoms. The third-order valence-electron chi connectivity index (χ3n) is 9.49. The molecule has 0 bridgehead atoms. The van der Waals surface area contributed by atoms with Crippen LogP contribution in [0.1, 0.15) is 188 Å². The number of hydrogen-bond acceptors (Lipinski definition) is 7. The van der Waals surface area contributed by atoms with Gasteiger partial charge in [0.15, 0.2) is 6.10 Å². The molecular formula is C43H77O9P. The number of rotatable bonds is 37. The third kappa shape index (κ3) is 34.5. The van der Waals surface area contributed by atoms with Crippen LogP contribution >= 0.6 is 7.82 Å². The fraction of sp³-hybridized carbons (Fsp3) is 0.814. The zero-order chi connectivity index (χ0) is 38.8. The summed E-state index contributed by atoms with van der Waals surface area (Å²) in [6.45, 7) is 5.94. The minimum Gasteiger partial charge on any atom is -0.462 e. The van der Waals surface area contributed by atoms with E-state index in [0.717, 1.165) is 57.3 Å². The van der Waals surface area contributed by atoms with Crippen molar-refractivity contribution in [1.29, 1.82) is 0 Å². The van der Waals surface area contributed by atoms with E-state index in [2.05, 4.69) is 55.7 Å². The molecule has 9 nitrogen and oxygen atoms in total. The lowest BCUT2D eigenvalue weighted by atomic mass is 10.0. The van der Waals surface area contributed by atoms with Crippen molar-refractivity contribution in [2.45, 2.75) is 206 Å². The highest BCUT2D eigenvalue weighted by molar-refractivity contribution is 7.46. The normalized spacial score (nSPS) is 16.7. The summed E-state index contributed by atoms with van der Waals surface area (Å²) in [5.74, 6) is -0.128. The molecule has 0 saturated carbocycles. The standard InChI is InChI=1S/C43H77O9P/c1-4-5-6-7-8-15-19-22-27-32-40-41(52-40)33-28-24-25-29-34-42(44)49-36-39(37-50-53(46,47)48)51-43(45)35-30-23-20-17-14-12-10-9-11-13-16-18-21-26-31-38(2)3/h8,15,22,24,27-28,38-41H,4-7,9-14,16-21,23,25-26,29-37H2,1-3H3,(H2,46,47,48)/b15-8-,27-22-,28-24-/t39-,40?,41?/m1/s1. The molecule has 3 atom stereocenters. The summed E-state index contributed by atoms with van der Waals surface area (Å²) in [7, 11) is -4.77. The molecule has 0 spiro atoms. The van der Waals surface area contributed by atoms with E-state index in [0.29, 0.717) is 12.8 Å². The Morgan fingerprint density at radius 2 is 1.15 bits per heavy atom. The summed E-state index contributed by atoms with van der Waals surface area (Å²) in [5, 5.41) is 0. The molecule has 1 heterocycles. The lowest BCUT2D eigenvalue weighted by Gasteiger charge is -2.18. The van der Waals surface area contributed by atoms with E-state index in [1.807, 2.05) is 6.08 Å². The number of carbonyl (C=O) groups excluding carboxylic acids is 2. The molecule has 1 aliphatic rings. The van der Waals surface area contributed by atoms with Gasteiger partial charge in [-0.15, -0.1) is 0 Å². The largest absolute Gasteiger partial charge is 0.469 e. The zero-order valence-electron chi connectivity index (χ0n) is 33.8. The monoisotopic (exact) mass is 769 g/mol. The second-order valence-electron chi connectivity index (χ2n) is 15.2. The van der Waals surface area contributed by atoms with Crippen molar-refractivity contribution < 1.29 is 42.7 Å². The minimum absolute atomic E-state index is 0.184. The fourth-order valence-electron chi connectivity index (χ4n) is 6.18. The van der Waals surface area contributed by atoms with Gasteiger partial charge in [0.25, 0.3) is 0 Å². The molecule has 0 amide bonds. The first-order valence-electron chi connectivity index (χ1n) is 21.3. The Kier molecular flexibility index (Phi) is 31.2. The van der Waals surface area contributed by atoms with Crippen LogP contribution in [0.15, 0.2) is 36.5 Å². The Labute approximate surface area is 323 Å². The van der Waals surface area contributed by atoms with E-state index in [1.54, 1.807) is 0 Å². The van der Waals surface area contributed by atoms with Crippen molar-refractivity contribution in [3.8, 4) is 0 Å². The number of unbranched alkanes of at least 4 members (excludes halogenated alkanes) is 17. The maximum absolute atomic E-state index is 12.4. The van der Waals surface area contributed by atoms with Crippen molar-refractivity contribution in [2.24, 2.45) is 5.92 Å². The van der Waals surface area contributed by atoms with Gasteiger partial charge in [-0.3, -0.25) is 14.1 Å². The molecular weight excluding hydrogens is 691 g/mol. The van der Waals surface area contributed by atoms with Gasteiger partial charge in [-0.25, -0.2) is 4.57 Å². The van der Waals surface area contributed by atoms with Crippen LogP contribution in [0.5, 0.6) is 0 Å². The Bertz CT molecular complexity index is 1030. The number of phosphoric acid groups is 1. The van der Waals surface area contributed by atoms with Gasteiger partial charge < -0.3 is 24.0 Å². The van der Waals surface area contributed by atoms with Crippen LogP contribution in [0.3, 0.4) is 0 Å². The topological polar surface area (TPSA) is 132 Å². The van der Waals surface area contributed by atoms with Crippen LogP contribution in [0.4, 0.5) is 0 Å². The molecule has 0 aliphatic carbocycles. The molecule has 0 aromatic rings. The van der Waals surface area contributed by atoms with E-state index < -0.39 is 32.5 Å². The third-order valence-corrected chi connectivity index (χ3v) is 9.98. The van der Waals surface area contributed by atoms with Crippen LogP contribution in [-0.2, 0) is 32.9 Å². The van der Waals surface area contributed by atoms with Crippen molar-refractivity contribution >= 4 is 19.8 Å². The highest BCUT2D eigenvalue weighted by Crippen LogP contribution is 2.36. The highest BCUT2D eigenvalue weighted by Gasteiger charge is 2.36. The van der Waals surface area contributed by atoms with Gasteiger partial charge in [0.2, 0.25) is 0 Å². The molecule has 1 aliphatic heterocycles. The number of allylic oxidation sites excluding steroid dienone is 4. The van der Waals surface area contributed by atoms with Gasteiger partial charge >= 0.3 is 19.8 Å². The molecule has 0 aromatic heterocycles. The molecule has 1 rings (SSSR count). The van der Waals surface area contributed by atoms with E-state index in [-0.39, 0.29) is 31.7 Å². The summed E-state index contributed by atoms with van der Waals surface area (Å²) in [5.41, 5.74) is 0. The fourth-order valence-corrected chi connectivity index (χ4v) is 6.54. The van der Waals surface area contributed by atoms with E-state index in [9.17, 15) is 14.2 Å². The van der Waals surface area contributed by atoms with E-state index in [1.165, 1.54) is 89.9 Å². The van der Waals surface area contributed by atoms with Gasteiger partial charge in [0.1, 0.15) is 6.61 Å². The Balaban J connectivity index is 2.10. The second-order valence-corrected chi connectivity index (χ2v) is 16.4. The Morgan fingerprint density at radius 3 is 1.74 bits per heavy atom. The van der Waals surface area contributed by atoms with Crippen LogP contribution in [-0.4, -0.2) is 53.3 Å². The highest BCUT2D eigenvalue weighted by atomic mass is 31.2. The van der Waals surface area contributed by atoms with Crippen molar-refractivity contribution in [1.82, 2.24) is 0 Å². The summed E-state index contributed by atoms with van der Waals surface area (Å²) >= 11 is 0. The summed E-state index contributed by atoms with van der Waals surface area (Å²) < 4.78 is 32.1. The molecule has 1 saturated heterocycles.